The molecule has 0 saturated heterocycles. The number of hydrogen-bond acceptors (Lipinski definition) is 3. The zero-order valence-electron chi connectivity index (χ0n) is 9.81. The molecule has 1 unspecified atom stereocenters. The zero-order valence-corrected chi connectivity index (χ0v) is 12.0. The standard InChI is InChI=1S/C13H14IN3/c1-9-3-4-11(7-12(9)14)17-10(2)13-8-15-5-6-16-13/h3-8,10,17H,1-2H3. The van der Waals surface area contributed by atoms with Crippen LogP contribution in [0.15, 0.2) is 36.8 Å². The quantitative estimate of drug-likeness (QED) is 0.869. The van der Waals surface area contributed by atoms with Crippen LogP contribution >= 0.6 is 22.6 Å². The van der Waals surface area contributed by atoms with Gasteiger partial charge in [0.1, 0.15) is 0 Å². The Morgan fingerprint density at radius 1 is 1.29 bits per heavy atom. The second-order valence-electron chi connectivity index (χ2n) is 3.96. The van der Waals surface area contributed by atoms with E-state index in [-0.39, 0.29) is 6.04 Å². The van der Waals surface area contributed by atoms with E-state index in [1.54, 1.807) is 18.6 Å². The monoisotopic (exact) mass is 339 g/mol. The first-order valence-electron chi connectivity index (χ1n) is 5.45. The van der Waals surface area contributed by atoms with E-state index in [9.17, 15) is 0 Å². The predicted octanol–water partition coefficient (Wildman–Crippen LogP) is 3.56. The first-order valence-corrected chi connectivity index (χ1v) is 6.53. The van der Waals surface area contributed by atoms with Gasteiger partial charge in [-0.1, -0.05) is 6.07 Å². The van der Waals surface area contributed by atoms with Crippen LogP contribution in [-0.4, -0.2) is 9.97 Å². The normalized spacial score (nSPS) is 12.2. The molecule has 0 bridgehead atoms. The van der Waals surface area contributed by atoms with Crippen LogP contribution in [-0.2, 0) is 0 Å². The van der Waals surface area contributed by atoms with Crippen molar-refractivity contribution in [2.24, 2.45) is 0 Å². The molecule has 1 heterocycles. The van der Waals surface area contributed by atoms with E-state index in [4.69, 9.17) is 0 Å². The van der Waals surface area contributed by atoms with E-state index in [1.807, 2.05) is 0 Å². The van der Waals surface area contributed by atoms with Crippen LogP contribution in [0.2, 0.25) is 0 Å². The van der Waals surface area contributed by atoms with E-state index < -0.39 is 0 Å². The molecule has 0 saturated carbocycles. The largest absolute Gasteiger partial charge is 0.377 e. The smallest absolute Gasteiger partial charge is 0.0806 e. The molecule has 1 aromatic carbocycles. The maximum Gasteiger partial charge on any atom is 0.0806 e. The van der Waals surface area contributed by atoms with Crippen LogP contribution in [0.3, 0.4) is 0 Å². The summed E-state index contributed by atoms with van der Waals surface area (Å²) in [4.78, 5) is 8.36. The molecule has 0 spiro atoms. The highest BCUT2D eigenvalue weighted by atomic mass is 127. The summed E-state index contributed by atoms with van der Waals surface area (Å²) in [6, 6.07) is 6.50. The third-order valence-corrected chi connectivity index (χ3v) is 3.74. The molecule has 0 radical (unpaired) electrons. The van der Waals surface area contributed by atoms with E-state index in [2.05, 4.69) is 69.9 Å². The van der Waals surface area contributed by atoms with Crippen molar-refractivity contribution in [3.05, 3.63) is 51.6 Å². The fourth-order valence-corrected chi connectivity index (χ4v) is 2.06. The number of aromatic nitrogens is 2. The van der Waals surface area contributed by atoms with Crippen molar-refractivity contribution in [2.45, 2.75) is 19.9 Å². The highest BCUT2D eigenvalue weighted by Gasteiger charge is 2.06. The molecular formula is C13H14IN3. The van der Waals surface area contributed by atoms with Crippen LogP contribution in [0, 0.1) is 10.5 Å². The average molecular weight is 339 g/mol. The summed E-state index contributed by atoms with van der Waals surface area (Å²) >= 11 is 2.34. The third-order valence-electron chi connectivity index (χ3n) is 2.58. The number of aryl methyl sites for hydroxylation is 1. The van der Waals surface area contributed by atoms with Crippen molar-refractivity contribution >= 4 is 28.3 Å². The highest BCUT2D eigenvalue weighted by molar-refractivity contribution is 14.1. The number of hydrogen-bond donors (Lipinski definition) is 1. The molecule has 2 rings (SSSR count). The molecule has 4 heteroatoms. The maximum atomic E-state index is 4.29. The summed E-state index contributed by atoms with van der Waals surface area (Å²) in [6.45, 7) is 4.19. The number of halogens is 1. The minimum atomic E-state index is 0.155. The van der Waals surface area contributed by atoms with Crippen molar-refractivity contribution in [3.8, 4) is 0 Å². The van der Waals surface area contributed by atoms with Gasteiger partial charge >= 0.3 is 0 Å². The summed E-state index contributed by atoms with van der Waals surface area (Å²) in [7, 11) is 0. The minimum absolute atomic E-state index is 0.155. The summed E-state index contributed by atoms with van der Waals surface area (Å²) in [5.74, 6) is 0. The van der Waals surface area contributed by atoms with Gasteiger partial charge in [-0.2, -0.15) is 0 Å². The average Bonchev–Trinajstić information content (AvgIpc) is 2.35. The molecule has 1 N–H and O–H groups in total. The third kappa shape index (κ3) is 3.15. The van der Waals surface area contributed by atoms with Gasteiger partial charge in [-0.15, -0.1) is 0 Å². The SMILES string of the molecule is Cc1ccc(NC(C)c2cnccn2)cc1I. The Kier molecular flexibility index (Phi) is 3.93. The lowest BCUT2D eigenvalue weighted by Crippen LogP contribution is -2.08. The van der Waals surface area contributed by atoms with Gasteiger partial charge in [0, 0.05) is 21.7 Å². The Bertz CT molecular complexity index is 499. The van der Waals surface area contributed by atoms with Crippen LogP contribution in [0.5, 0.6) is 0 Å². The molecule has 3 nitrogen and oxygen atoms in total. The zero-order chi connectivity index (χ0) is 12.3. The van der Waals surface area contributed by atoms with E-state index in [0.717, 1.165) is 11.4 Å². The number of rotatable bonds is 3. The van der Waals surface area contributed by atoms with Gasteiger partial charge in [0.25, 0.3) is 0 Å². The fourth-order valence-electron chi connectivity index (χ4n) is 1.54. The van der Waals surface area contributed by atoms with Crippen molar-refractivity contribution in [1.82, 2.24) is 9.97 Å². The molecule has 17 heavy (non-hydrogen) atoms. The van der Waals surface area contributed by atoms with Crippen molar-refractivity contribution < 1.29 is 0 Å². The van der Waals surface area contributed by atoms with Gasteiger partial charge in [-0.3, -0.25) is 9.97 Å². The van der Waals surface area contributed by atoms with Crippen LogP contribution in [0.4, 0.5) is 5.69 Å². The Morgan fingerprint density at radius 3 is 2.76 bits per heavy atom. The van der Waals surface area contributed by atoms with Gasteiger partial charge in [-0.25, -0.2) is 0 Å². The number of nitrogens with one attached hydrogen (secondary N) is 1. The minimum Gasteiger partial charge on any atom is -0.377 e. The summed E-state index contributed by atoms with van der Waals surface area (Å²) in [5.41, 5.74) is 3.35. The Labute approximate surface area is 115 Å². The first kappa shape index (κ1) is 12.3. The second kappa shape index (κ2) is 5.44. The fraction of sp³-hybridized carbons (Fsp3) is 0.231. The van der Waals surface area contributed by atoms with Crippen LogP contribution < -0.4 is 5.32 Å². The van der Waals surface area contributed by atoms with E-state index in [0.29, 0.717) is 0 Å². The first-order chi connectivity index (χ1) is 8.16. The second-order valence-corrected chi connectivity index (χ2v) is 5.12. The molecule has 0 aliphatic heterocycles. The molecule has 1 atom stereocenters. The number of anilines is 1. The molecule has 88 valence electrons. The molecule has 1 aromatic heterocycles. The number of benzene rings is 1. The lowest BCUT2D eigenvalue weighted by molar-refractivity contribution is 0.827. The topological polar surface area (TPSA) is 37.8 Å². The van der Waals surface area contributed by atoms with Crippen LogP contribution in [0.1, 0.15) is 24.2 Å². The molecule has 0 amide bonds. The highest BCUT2D eigenvalue weighted by Crippen LogP contribution is 2.21. The Morgan fingerprint density at radius 2 is 2.12 bits per heavy atom. The Balaban J connectivity index is 2.13. The number of nitrogens with zero attached hydrogens (tertiary/aromatic N) is 2. The van der Waals surface area contributed by atoms with Crippen molar-refractivity contribution in [3.63, 3.8) is 0 Å². The van der Waals surface area contributed by atoms with Gasteiger partial charge in [-0.05, 0) is 54.1 Å². The van der Waals surface area contributed by atoms with Gasteiger partial charge in [0.05, 0.1) is 17.9 Å². The van der Waals surface area contributed by atoms with E-state index >= 15 is 0 Å². The lowest BCUT2D eigenvalue weighted by atomic mass is 10.2. The van der Waals surface area contributed by atoms with Gasteiger partial charge in [0.15, 0.2) is 0 Å². The molecule has 0 aliphatic rings. The molecule has 0 fully saturated rings. The lowest BCUT2D eigenvalue weighted by Gasteiger charge is -2.15. The molecular weight excluding hydrogens is 325 g/mol. The van der Waals surface area contributed by atoms with Crippen molar-refractivity contribution in [1.29, 1.82) is 0 Å². The van der Waals surface area contributed by atoms with Crippen LogP contribution in [0.25, 0.3) is 0 Å². The Hall–Kier alpha value is -1.17. The summed E-state index contributed by atoms with van der Waals surface area (Å²) < 4.78 is 1.26. The predicted molar refractivity (Wildman–Crippen MR) is 78.0 cm³/mol. The van der Waals surface area contributed by atoms with Gasteiger partial charge in [0.2, 0.25) is 0 Å². The molecule has 2 aromatic rings. The summed E-state index contributed by atoms with van der Waals surface area (Å²) in [6.07, 6.45) is 5.19. The van der Waals surface area contributed by atoms with Gasteiger partial charge < -0.3 is 5.32 Å². The molecule has 0 aliphatic carbocycles. The maximum absolute atomic E-state index is 4.29. The van der Waals surface area contributed by atoms with Crippen molar-refractivity contribution in [2.75, 3.05) is 5.32 Å². The van der Waals surface area contributed by atoms with E-state index in [1.165, 1.54) is 9.13 Å². The summed E-state index contributed by atoms with van der Waals surface area (Å²) in [5, 5.41) is 3.42.